The summed E-state index contributed by atoms with van der Waals surface area (Å²) in [6.07, 6.45) is 1.54. The van der Waals surface area contributed by atoms with Crippen molar-refractivity contribution >= 4 is 33.7 Å². The Morgan fingerprint density at radius 1 is 1.55 bits per heavy atom. The van der Waals surface area contributed by atoms with E-state index in [1.807, 2.05) is 4.68 Å². The second kappa shape index (κ2) is 8.69. The molecule has 0 saturated heterocycles. The van der Waals surface area contributed by atoms with Crippen LogP contribution in [0.4, 0.5) is 0 Å². The molecule has 0 aliphatic heterocycles. The van der Waals surface area contributed by atoms with E-state index in [1.54, 1.807) is 11.8 Å². The van der Waals surface area contributed by atoms with Crippen LogP contribution >= 0.6 is 27.7 Å². The van der Waals surface area contributed by atoms with E-state index >= 15 is 0 Å². The second-order valence-electron chi connectivity index (χ2n) is 4.35. The minimum Gasteiger partial charge on any atom is -0.468 e. The zero-order valence-electron chi connectivity index (χ0n) is 12.2. The third kappa shape index (κ3) is 4.49. The fraction of sp³-hybridized carbons (Fsp3) is 0.692. The summed E-state index contributed by atoms with van der Waals surface area (Å²) < 4.78 is 7.73. The molecule has 0 spiro atoms. The summed E-state index contributed by atoms with van der Waals surface area (Å²) in [5.74, 6) is 1.33. The standard InChI is InChI=1S/C13H22BrN3O2S/c1-4-10-12(14)11(17(5-2)16-10)8-20-7-6-9(15)13(18)19-3/h9H,4-8,15H2,1-3H3. The molecular weight excluding hydrogens is 342 g/mol. The fourth-order valence-electron chi connectivity index (χ4n) is 1.80. The molecule has 1 aromatic heterocycles. The van der Waals surface area contributed by atoms with Crippen LogP contribution in [0.15, 0.2) is 4.47 Å². The van der Waals surface area contributed by atoms with E-state index in [4.69, 9.17) is 5.73 Å². The summed E-state index contributed by atoms with van der Waals surface area (Å²) in [5.41, 5.74) is 7.99. The molecule has 1 unspecified atom stereocenters. The first-order chi connectivity index (χ1) is 9.54. The first-order valence-electron chi connectivity index (χ1n) is 6.70. The molecule has 2 N–H and O–H groups in total. The van der Waals surface area contributed by atoms with Crippen molar-refractivity contribution in [3.8, 4) is 0 Å². The number of nitrogens with two attached hydrogens (primary N) is 1. The Morgan fingerprint density at radius 3 is 2.80 bits per heavy atom. The van der Waals surface area contributed by atoms with Crippen LogP contribution in [0.2, 0.25) is 0 Å². The summed E-state index contributed by atoms with van der Waals surface area (Å²) in [7, 11) is 1.36. The van der Waals surface area contributed by atoms with Crippen LogP contribution < -0.4 is 5.73 Å². The molecule has 5 nitrogen and oxygen atoms in total. The van der Waals surface area contributed by atoms with Crippen molar-refractivity contribution < 1.29 is 9.53 Å². The smallest absolute Gasteiger partial charge is 0.322 e. The molecule has 0 aliphatic carbocycles. The molecule has 1 rings (SSSR count). The Kier molecular flexibility index (Phi) is 7.61. The first kappa shape index (κ1) is 17.5. The molecule has 1 heterocycles. The Bertz CT molecular complexity index is 451. The van der Waals surface area contributed by atoms with Crippen LogP contribution in [0.5, 0.6) is 0 Å². The Labute approximate surface area is 132 Å². The molecule has 20 heavy (non-hydrogen) atoms. The number of hydrogen-bond acceptors (Lipinski definition) is 5. The molecular formula is C13H22BrN3O2S. The monoisotopic (exact) mass is 363 g/mol. The number of carbonyl (C=O) groups excluding carboxylic acids is 1. The number of aromatic nitrogens is 2. The number of aryl methyl sites for hydroxylation is 2. The highest BCUT2D eigenvalue weighted by molar-refractivity contribution is 9.10. The van der Waals surface area contributed by atoms with E-state index in [0.717, 1.165) is 34.6 Å². The van der Waals surface area contributed by atoms with Crippen LogP contribution in [0.3, 0.4) is 0 Å². The number of thioether (sulfide) groups is 1. The van der Waals surface area contributed by atoms with Crippen molar-refractivity contribution in [3.05, 3.63) is 15.9 Å². The molecule has 0 saturated carbocycles. The summed E-state index contributed by atoms with van der Waals surface area (Å²) in [6, 6.07) is -0.529. The number of carbonyl (C=O) groups is 1. The van der Waals surface area contributed by atoms with Gasteiger partial charge in [0.1, 0.15) is 6.04 Å². The van der Waals surface area contributed by atoms with Crippen molar-refractivity contribution in [2.24, 2.45) is 5.73 Å². The highest BCUT2D eigenvalue weighted by Gasteiger charge is 2.15. The van der Waals surface area contributed by atoms with Crippen molar-refractivity contribution in [2.75, 3.05) is 12.9 Å². The van der Waals surface area contributed by atoms with Crippen LogP contribution in [-0.2, 0) is 28.2 Å². The Hall–Kier alpha value is -0.530. The highest BCUT2D eigenvalue weighted by Crippen LogP contribution is 2.26. The summed E-state index contributed by atoms with van der Waals surface area (Å²) >= 11 is 5.37. The lowest BCUT2D eigenvalue weighted by molar-refractivity contribution is -0.142. The molecule has 1 aromatic rings. The number of ether oxygens (including phenoxy) is 1. The predicted octanol–water partition coefficient (Wildman–Crippen LogP) is 2.35. The van der Waals surface area contributed by atoms with E-state index in [-0.39, 0.29) is 5.97 Å². The lowest BCUT2D eigenvalue weighted by Crippen LogP contribution is -2.32. The normalized spacial score (nSPS) is 12.4. The van der Waals surface area contributed by atoms with Crippen molar-refractivity contribution in [2.45, 2.75) is 45.0 Å². The van der Waals surface area contributed by atoms with Gasteiger partial charge >= 0.3 is 5.97 Å². The molecule has 114 valence electrons. The quantitative estimate of drug-likeness (QED) is 0.566. The Morgan fingerprint density at radius 2 is 2.25 bits per heavy atom. The largest absolute Gasteiger partial charge is 0.468 e. The zero-order valence-corrected chi connectivity index (χ0v) is 14.6. The summed E-state index contributed by atoms with van der Waals surface area (Å²) in [5, 5.41) is 4.56. The number of esters is 1. The van der Waals surface area contributed by atoms with Gasteiger partial charge in [0.2, 0.25) is 0 Å². The number of halogens is 1. The van der Waals surface area contributed by atoms with Crippen LogP contribution in [0, 0.1) is 0 Å². The zero-order chi connectivity index (χ0) is 15.1. The average Bonchev–Trinajstić information content (AvgIpc) is 2.78. The molecule has 7 heteroatoms. The molecule has 0 aromatic carbocycles. The van der Waals surface area contributed by atoms with Gasteiger partial charge in [-0.25, -0.2) is 0 Å². The van der Waals surface area contributed by atoms with Gasteiger partial charge in [-0.05, 0) is 41.4 Å². The van der Waals surface area contributed by atoms with Gasteiger partial charge in [0.05, 0.1) is 23.0 Å². The van der Waals surface area contributed by atoms with Gasteiger partial charge in [0, 0.05) is 12.3 Å². The fourth-order valence-corrected chi connectivity index (χ4v) is 3.75. The van der Waals surface area contributed by atoms with Crippen LogP contribution in [-0.4, -0.2) is 34.7 Å². The topological polar surface area (TPSA) is 70.1 Å². The third-order valence-electron chi connectivity index (χ3n) is 3.01. The van der Waals surface area contributed by atoms with Gasteiger partial charge in [-0.2, -0.15) is 16.9 Å². The van der Waals surface area contributed by atoms with Gasteiger partial charge in [-0.3, -0.25) is 9.48 Å². The second-order valence-corrected chi connectivity index (χ2v) is 6.25. The summed E-state index contributed by atoms with van der Waals surface area (Å²) in [6.45, 7) is 5.04. The number of rotatable bonds is 8. The van der Waals surface area contributed by atoms with E-state index in [1.165, 1.54) is 12.8 Å². The van der Waals surface area contributed by atoms with E-state index in [9.17, 15) is 4.79 Å². The molecule has 0 bridgehead atoms. The average molecular weight is 364 g/mol. The van der Waals surface area contributed by atoms with Gasteiger partial charge in [-0.15, -0.1) is 0 Å². The third-order valence-corrected chi connectivity index (χ3v) is 4.93. The van der Waals surface area contributed by atoms with Crippen molar-refractivity contribution in [3.63, 3.8) is 0 Å². The lowest BCUT2D eigenvalue weighted by atomic mass is 10.2. The predicted molar refractivity (Wildman–Crippen MR) is 85.7 cm³/mol. The Balaban J connectivity index is 2.50. The lowest BCUT2D eigenvalue weighted by Gasteiger charge is -2.09. The van der Waals surface area contributed by atoms with E-state index in [0.29, 0.717) is 6.42 Å². The van der Waals surface area contributed by atoms with Gasteiger partial charge < -0.3 is 10.5 Å². The molecule has 1 atom stereocenters. The van der Waals surface area contributed by atoms with Gasteiger partial charge in [0.25, 0.3) is 0 Å². The van der Waals surface area contributed by atoms with Gasteiger partial charge in [-0.1, -0.05) is 6.92 Å². The SMILES string of the molecule is CCc1nn(CC)c(CSCCC(N)C(=O)OC)c1Br. The van der Waals surface area contributed by atoms with E-state index < -0.39 is 6.04 Å². The molecule has 0 aliphatic rings. The van der Waals surface area contributed by atoms with E-state index in [2.05, 4.69) is 39.6 Å². The minimum absolute atomic E-state index is 0.348. The molecule has 0 radical (unpaired) electrons. The maximum Gasteiger partial charge on any atom is 0.322 e. The number of hydrogen-bond donors (Lipinski definition) is 1. The number of nitrogens with zero attached hydrogens (tertiary/aromatic N) is 2. The van der Waals surface area contributed by atoms with Gasteiger partial charge in [0.15, 0.2) is 0 Å². The maximum absolute atomic E-state index is 11.2. The van der Waals surface area contributed by atoms with Crippen molar-refractivity contribution in [1.82, 2.24) is 9.78 Å². The maximum atomic E-state index is 11.2. The highest BCUT2D eigenvalue weighted by atomic mass is 79.9. The first-order valence-corrected chi connectivity index (χ1v) is 8.65. The van der Waals surface area contributed by atoms with Crippen LogP contribution in [0.25, 0.3) is 0 Å². The molecule has 0 amide bonds. The molecule has 0 fully saturated rings. The van der Waals surface area contributed by atoms with Crippen molar-refractivity contribution in [1.29, 1.82) is 0 Å². The van der Waals surface area contributed by atoms with Crippen LogP contribution in [0.1, 0.15) is 31.7 Å². The summed E-state index contributed by atoms with van der Waals surface area (Å²) in [4.78, 5) is 11.2. The number of methoxy groups -OCH3 is 1. The minimum atomic E-state index is -0.529.